The summed E-state index contributed by atoms with van der Waals surface area (Å²) < 4.78 is 5.12. The van der Waals surface area contributed by atoms with Crippen molar-refractivity contribution in [3.05, 3.63) is 70.1 Å². The largest absolute Gasteiger partial charge is 0.495 e. The highest BCUT2D eigenvalue weighted by molar-refractivity contribution is 6.32. The zero-order valence-corrected chi connectivity index (χ0v) is 16.9. The van der Waals surface area contributed by atoms with E-state index in [1.54, 1.807) is 31.2 Å². The van der Waals surface area contributed by atoms with Crippen molar-refractivity contribution in [3.8, 4) is 5.75 Å². The van der Waals surface area contributed by atoms with E-state index < -0.39 is 0 Å². The predicted molar refractivity (Wildman–Crippen MR) is 112 cm³/mol. The third-order valence-electron chi connectivity index (χ3n) is 4.26. The molecule has 0 unspecified atom stereocenters. The van der Waals surface area contributed by atoms with Crippen LogP contribution in [0.25, 0.3) is 0 Å². The Morgan fingerprint density at radius 2 is 1.71 bits per heavy atom. The molecular formula is C21H21ClN4O2. The molecule has 1 amide bonds. The van der Waals surface area contributed by atoms with Crippen LogP contribution in [0.15, 0.2) is 42.5 Å². The van der Waals surface area contributed by atoms with E-state index in [0.29, 0.717) is 28.1 Å². The Labute approximate surface area is 168 Å². The van der Waals surface area contributed by atoms with E-state index in [1.165, 1.54) is 18.2 Å². The number of benzene rings is 2. The van der Waals surface area contributed by atoms with Crippen LogP contribution in [-0.4, -0.2) is 23.0 Å². The second kappa shape index (κ2) is 8.27. The number of methoxy groups -OCH3 is 1. The fourth-order valence-corrected chi connectivity index (χ4v) is 2.91. The highest BCUT2D eigenvalue weighted by Crippen LogP contribution is 2.27. The molecule has 0 spiro atoms. The maximum Gasteiger partial charge on any atom is 0.274 e. The molecule has 0 atom stereocenters. The predicted octanol–water partition coefficient (Wildman–Crippen LogP) is 5.06. The molecule has 3 aromatic rings. The van der Waals surface area contributed by atoms with Crippen LogP contribution in [0, 0.1) is 20.8 Å². The van der Waals surface area contributed by atoms with Gasteiger partial charge in [-0.1, -0.05) is 17.7 Å². The van der Waals surface area contributed by atoms with Crippen LogP contribution in [-0.2, 0) is 0 Å². The first kappa shape index (κ1) is 19.6. The van der Waals surface area contributed by atoms with Gasteiger partial charge in [-0.3, -0.25) is 4.79 Å². The molecule has 6 nitrogen and oxygen atoms in total. The quantitative estimate of drug-likeness (QED) is 0.630. The van der Waals surface area contributed by atoms with Gasteiger partial charge >= 0.3 is 0 Å². The molecule has 0 saturated carbocycles. The van der Waals surface area contributed by atoms with Crippen LogP contribution < -0.4 is 15.4 Å². The van der Waals surface area contributed by atoms with Crippen LogP contribution >= 0.6 is 11.6 Å². The lowest BCUT2D eigenvalue weighted by atomic mass is 10.1. The molecule has 0 fully saturated rings. The number of hydrogen-bond acceptors (Lipinski definition) is 5. The van der Waals surface area contributed by atoms with E-state index in [4.69, 9.17) is 16.3 Å². The molecule has 0 aliphatic heterocycles. The van der Waals surface area contributed by atoms with E-state index >= 15 is 0 Å². The number of anilines is 3. The number of carbonyl (C=O) groups is 1. The summed E-state index contributed by atoms with van der Waals surface area (Å²) in [4.78, 5) is 21.2. The SMILES string of the molecule is COc1ccc(NC(=O)c2cc(Nc3ccc(C)c(C)c3)nc(C)n2)cc1Cl. The van der Waals surface area contributed by atoms with Crippen molar-refractivity contribution in [2.24, 2.45) is 0 Å². The van der Waals surface area contributed by atoms with Crippen molar-refractivity contribution in [2.45, 2.75) is 20.8 Å². The Morgan fingerprint density at radius 1 is 0.964 bits per heavy atom. The zero-order valence-electron chi connectivity index (χ0n) is 16.1. The Balaban J connectivity index is 1.81. The molecule has 7 heteroatoms. The maximum atomic E-state index is 12.6. The van der Waals surface area contributed by atoms with Crippen molar-refractivity contribution < 1.29 is 9.53 Å². The van der Waals surface area contributed by atoms with Gasteiger partial charge in [0.2, 0.25) is 0 Å². The van der Waals surface area contributed by atoms with E-state index in [2.05, 4.69) is 27.5 Å². The van der Waals surface area contributed by atoms with Crippen molar-refractivity contribution in [1.82, 2.24) is 9.97 Å². The van der Waals surface area contributed by atoms with Crippen LogP contribution in [0.1, 0.15) is 27.4 Å². The summed E-state index contributed by atoms with van der Waals surface area (Å²) in [6.07, 6.45) is 0. The number of nitrogens with one attached hydrogen (secondary N) is 2. The topological polar surface area (TPSA) is 76.1 Å². The lowest BCUT2D eigenvalue weighted by Crippen LogP contribution is -2.15. The van der Waals surface area contributed by atoms with Crippen molar-refractivity contribution >= 4 is 34.7 Å². The molecule has 2 aromatic carbocycles. The molecule has 0 bridgehead atoms. The van der Waals surface area contributed by atoms with Gasteiger partial charge in [-0.25, -0.2) is 9.97 Å². The highest BCUT2D eigenvalue weighted by Gasteiger charge is 2.12. The lowest BCUT2D eigenvalue weighted by molar-refractivity contribution is 0.102. The number of carbonyl (C=O) groups excluding carboxylic acids is 1. The fourth-order valence-electron chi connectivity index (χ4n) is 2.65. The van der Waals surface area contributed by atoms with Crippen molar-refractivity contribution in [1.29, 1.82) is 0 Å². The summed E-state index contributed by atoms with van der Waals surface area (Å²) in [7, 11) is 1.53. The summed E-state index contributed by atoms with van der Waals surface area (Å²) >= 11 is 6.11. The van der Waals surface area contributed by atoms with Gasteiger partial charge in [-0.2, -0.15) is 0 Å². The molecule has 1 heterocycles. The maximum absolute atomic E-state index is 12.6. The van der Waals surface area contributed by atoms with Crippen molar-refractivity contribution in [2.75, 3.05) is 17.7 Å². The van der Waals surface area contributed by atoms with Gasteiger partial charge in [0.25, 0.3) is 5.91 Å². The smallest absolute Gasteiger partial charge is 0.274 e. The van der Waals surface area contributed by atoms with Gasteiger partial charge in [0.15, 0.2) is 0 Å². The number of nitrogens with zero attached hydrogens (tertiary/aromatic N) is 2. The van der Waals surface area contributed by atoms with E-state index in [9.17, 15) is 4.79 Å². The van der Waals surface area contributed by atoms with Crippen LogP contribution in [0.4, 0.5) is 17.2 Å². The van der Waals surface area contributed by atoms with E-state index in [0.717, 1.165) is 5.69 Å². The number of amides is 1. The molecule has 2 N–H and O–H groups in total. The van der Waals surface area contributed by atoms with Crippen LogP contribution in [0.5, 0.6) is 5.75 Å². The van der Waals surface area contributed by atoms with Crippen LogP contribution in [0.3, 0.4) is 0 Å². The normalized spacial score (nSPS) is 10.5. The average Bonchev–Trinajstić information content (AvgIpc) is 2.64. The first-order valence-corrected chi connectivity index (χ1v) is 9.08. The number of rotatable bonds is 5. The number of aryl methyl sites for hydroxylation is 3. The first-order valence-electron chi connectivity index (χ1n) is 8.70. The fraction of sp³-hybridized carbons (Fsp3) is 0.190. The summed E-state index contributed by atoms with van der Waals surface area (Å²) in [6.45, 7) is 5.85. The Bertz CT molecular complexity index is 1040. The van der Waals surface area contributed by atoms with Gasteiger partial charge in [0.1, 0.15) is 23.1 Å². The Morgan fingerprint density at radius 3 is 2.39 bits per heavy atom. The lowest BCUT2D eigenvalue weighted by Gasteiger charge is -2.11. The second-order valence-corrected chi connectivity index (χ2v) is 6.82. The molecule has 0 radical (unpaired) electrons. The molecule has 0 aliphatic rings. The van der Waals surface area contributed by atoms with Gasteiger partial charge in [-0.15, -0.1) is 0 Å². The molecule has 0 aliphatic carbocycles. The molecule has 28 heavy (non-hydrogen) atoms. The van der Waals surface area contributed by atoms with Gasteiger partial charge < -0.3 is 15.4 Å². The standard InChI is InChI=1S/C21H21ClN4O2/c1-12-5-6-15(9-13(12)2)25-20-11-18(23-14(3)24-20)21(27)26-16-7-8-19(28-4)17(22)10-16/h5-11H,1-4H3,(H,26,27)(H,23,24,25). The third kappa shape index (κ3) is 4.58. The molecular weight excluding hydrogens is 376 g/mol. The summed E-state index contributed by atoms with van der Waals surface area (Å²) in [5.41, 5.74) is 4.09. The minimum Gasteiger partial charge on any atom is -0.495 e. The number of hydrogen-bond donors (Lipinski definition) is 2. The van der Waals surface area contributed by atoms with E-state index in [-0.39, 0.29) is 11.6 Å². The zero-order chi connectivity index (χ0) is 20.3. The summed E-state index contributed by atoms with van der Waals surface area (Å²) in [6, 6.07) is 12.7. The third-order valence-corrected chi connectivity index (χ3v) is 4.55. The number of ether oxygens (including phenoxy) is 1. The number of halogens is 1. The van der Waals surface area contributed by atoms with Crippen molar-refractivity contribution in [3.63, 3.8) is 0 Å². The second-order valence-electron chi connectivity index (χ2n) is 6.41. The number of aromatic nitrogens is 2. The molecule has 1 aromatic heterocycles. The average molecular weight is 397 g/mol. The summed E-state index contributed by atoms with van der Waals surface area (Å²) in [5.74, 6) is 1.23. The van der Waals surface area contributed by atoms with Crippen LogP contribution in [0.2, 0.25) is 5.02 Å². The minimum absolute atomic E-state index is 0.255. The van der Waals surface area contributed by atoms with Gasteiger partial charge in [0.05, 0.1) is 12.1 Å². The van der Waals surface area contributed by atoms with E-state index in [1.807, 2.05) is 25.1 Å². The summed E-state index contributed by atoms with van der Waals surface area (Å²) in [5, 5.41) is 6.43. The molecule has 0 saturated heterocycles. The van der Waals surface area contributed by atoms with Gasteiger partial charge in [-0.05, 0) is 62.2 Å². The minimum atomic E-state index is -0.352. The highest BCUT2D eigenvalue weighted by atomic mass is 35.5. The Kier molecular flexibility index (Phi) is 5.80. The first-order chi connectivity index (χ1) is 13.4. The monoisotopic (exact) mass is 396 g/mol. The van der Waals surface area contributed by atoms with Gasteiger partial charge in [0, 0.05) is 17.4 Å². The Hall–Kier alpha value is -3.12. The molecule has 144 valence electrons. The molecule has 3 rings (SSSR count).